The van der Waals surface area contributed by atoms with Gasteiger partial charge in [0.2, 0.25) is 5.91 Å². The lowest BCUT2D eigenvalue weighted by molar-refractivity contribution is -0.115. The summed E-state index contributed by atoms with van der Waals surface area (Å²) in [7, 11) is 0. The van der Waals surface area contributed by atoms with E-state index in [4.69, 9.17) is 0 Å². The van der Waals surface area contributed by atoms with Gasteiger partial charge < -0.3 is 5.32 Å². The lowest BCUT2D eigenvalue weighted by atomic mass is 10.1. The average Bonchev–Trinajstić information content (AvgIpc) is 3.09. The molecule has 3 rings (SSSR count). The first-order valence-electron chi connectivity index (χ1n) is 7.56. The van der Waals surface area contributed by atoms with Gasteiger partial charge in [0.1, 0.15) is 17.4 Å². The molecule has 1 aliphatic rings. The quantitative estimate of drug-likeness (QED) is 0.654. The minimum Gasteiger partial charge on any atom is -0.316 e. The van der Waals surface area contributed by atoms with Gasteiger partial charge in [0.05, 0.1) is 10.8 Å². The molecule has 1 atom stereocenters. The third-order valence-corrected chi connectivity index (χ3v) is 6.02. The van der Waals surface area contributed by atoms with Crippen molar-refractivity contribution in [2.45, 2.75) is 49.4 Å². The van der Waals surface area contributed by atoms with Gasteiger partial charge in [-0.2, -0.15) is 10.4 Å². The van der Waals surface area contributed by atoms with Crippen molar-refractivity contribution in [3.63, 3.8) is 0 Å². The Morgan fingerprint density at radius 2 is 2.30 bits per heavy atom. The summed E-state index contributed by atoms with van der Waals surface area (Å²) in [6.45, 7) is 1.81. The van der Waals surface area contributed by atoms with Crippen LogP contribution in [0.4, 0.5) is 5.00 Å². The number of thiophene rings is 1. The lowest BCUT2D eigenvalue weighted by Crippen LogP contribution is -2.22. The average molecular weight is 347 g/mol. The highest BCUT2D eigenvalue weighted by Gasteiger charge is 2.23. The molecule has 2 N–H and O–H groups in total. The van der Waals surface area contributed by atoms with Crippen molar-refractivity contribution in [2.24, 2.45) is 0 Å². The minimum absolute atomic E-state index is 0.126. The molecule has 8 heteroatoms. The van der Waals surface area contributed by atoms with Crippen molar-refractivity contribution in [1.82, 2.24) is 15.2 Å². The third-order valence-electron chi connectivity index (χ3n) is 3.82. The minimum atomic E-state index is -0.323. The van der Waals surface area contributed by atoms with Crippen LogP contribution in [0.2, 0.25) is 0 Å². The van der Waals surface area contributed by atoms with Crippen LogP contribution in [-0.2, 0) is 17.6 Å². The maximum Gasteiger partial charge on any atom is 0.238 e. The first kappa shape index (κ1) is 16.0. The second kappa shape index (κ2) is 7.15. The van der Waals surface area contributed by atoms with E-state index in [0.29, 0.717) is 15.7 Å². The summed E-state index contributed by atoms with van der Waals surface area (Å²) in [4.78, 5) is 17.7. The van der Waals surface area contributed by atoms with Crippen LogP contribution in [-0.4, -0.2) is 26.3 Å². The predicted octanol–water partition coefficient (Wildman–Crippen LogP) is 3.13. The molecule has 1 aliphatic carbocycles. The molecule has 1 amide bonds. The predicted molar refractivity (Wildman–Crippen MR) is 90.6 cm³/mol. The fourth-order valence-corrected chi connectivity index (χ4v) is 4.59. The zero-order valence-electron chi connectivity index (χ0n) is 12.8. The Hall–Kier alpha value is -1.85. The molecule has 0 fully saturated rings. The summed E-state index contributed by atoms with van der Waals surface area (Å²) >= 11 is 2.86. The van der Waals surface area contributed by atoms with Crippen LogP contribution >= 0.6 is 23.1 Å². The number of hydrogen-bond acceptors (Lipinski definition) is 6. The number of nitriles is 1. The smallest absolute Gasteiger partial charge is 0.238 e. The van der Waals surface area contributed by atoms with E-state index in [1.807, 2.05) is 6.92 Å². The number of carbonyl (C=O) groups is 1. The van der Waals surface area contributed by atoms with E-state index in [0.717, 1.165) is 31.2 Å². The normalized spacial score (nSPS) is 15.3. The number of fused-ring (bicyclic) bond motifs is 1. The number of thioether (sulfide) groups is 1. The Bertz CT molecular complexity index is 732. The number of rotatable bonds is 4. The van der Waals surface area contributed by atoms with Gasteiger partial charge in [0.15, 0.2) is 5.16 Å². The maximum atomic E-state index is 12.4. The molecule has 0 radical (unpaired) electrons. The Kier molecular flexibility index (Phi) is 4.98. The van der Waals surface area contributed by atoms with Crippen molar-refractivity contribution >= 4 is 34.0 Å². The lowest BCUT2D eigenvalue weighted by Gasteiger charge is -2.09. The van der Waals surface area contributed by atoms with E-state index in [2.05, 4.69) is 26.6 Å². The van der Waals surface area contributed by atoms with Crippen molar-refractivity contribution in [2.75, 3.05) is 5.32 Å². The van der Waals surface area contributed by atoms with Crippen LogP contribution in [0.3, 0.4) is 0 Å². The molecule has 2 aromatic heterocycles. The Labute approximate surface area is 142 Å². The van der Waals surface area contributed by atoms with Crippen molar-refractivity contribution < 1.29 is 4.79 Å². The highest BCUT2D eigenvalue weighted by molar-refractivity contribution is 8.00. The van der Waals surface area contributed by atoms with Gasteiger partial charge in [-0.15, -0.1) is 11.3 Å². The van der Waals surface area contributed by atoms with Gasteiger partial charge in [0.25, 0.3) is 0 Å². The third kappa shape index (κ3) is 3.57. The monoisotopic (exact) mass is 347 g/mol. The van der Waals surface area contributed by atoms with Crippen LogP contribution < -0.4 is 5.32 Å². The summed E-state index contributed by atoms with van der Waals surface area (Å²) in [6, 6.07) is 2.28. The van der Waals surface area contributed by atoms with Gasteiger partial charge in [-0.3, -0.25) is 9.89 Å². The molecular formula is C15H17N5OS2. The number of H-pyrrole nitrogens is 1. The Balaban J connectivity index is 1.74. The van der Waals surface area contributed by atoms with Crippen molar-refractivity contribution in [3.8, 4) is 6.07 Å². The summed E-state index contributed by atoms with van der Waals surface area (Å²) in [5.74, 6) is -0.126. The molecule has 2 aromatic rings. The van der Waals surface area contributed by atoms with Crippen LogP contribution in [0, 0.1) is 11.3 Å². The van der Waals surface area contributed by atoms with E-state index in [-0.39, 0.29) is 11.2 Å². The number of aryl methyl sites for hydroxylation is 1. The Morgan fingerprint density at radius 1 is 1.48 bits per heavy atom. The van der Waals surface area contributed by atoms with E-state index >= 15 is 0 Å². The number of aromatic amines is 1. The summed E-state index contributed by atoms with van der Waals surface area (Å²) in [5.41, 5.74) is 1.79. The Morgan fingerprint density at radius 3 is 3.04 bits per heavy atom. The number of amides is 1. The molecule has 0 saturated heterocycles. The van der Waals surface area contributed by atoms with E-state index in [1.54, 1.807) is 11.3 Å². The fourth-order valence-electron chi connectivity index (χ4n) is 2.63. The summed E-state index contributed by atoms with van der Waals surface area (Å²) in [5, 5.41) is 19.9. The first-order valence-corrected chi connectivity index (χ1v) is 9.26. The van der Waals surface area contributed by atoms with Crippen LogP contribution in [0.1, 0.15) is 42.2 Å². The van der Waals surface area contributed by atoms with Gasteiger partial charge in [-0.25, -0.2) is 4.98 Å². The molecule has 0 saturated carbocycles. The van der Waals surface area contributed by atoms with Crippen LogP contribution in [0.5, 0.6) is 0 Å². The van der Waals surface area contributed by atoms with Gasteiger partial charge in [-0.1, -0.05) is 18.2 Å². The standard InChI is InChI=1S/C15H17N5OS2/c1-9(22-15-17-8-18-20-15)13(21)19-14-11(7-16)10-5-3-2-4-6-12(10)23-14/h8-9H,2-6H2,1H3,(H,19,21)(H,17,18,20)/t9-/m0/s1. The zero-order valence-corrected chi connectivity index (χ0v) is 14.4. The molecule has 2 heterocycles. The largest absolute Gasteiger partial charge is 0.316 e. The molecule has 23 heavy (non-hydrogen) atoms. The molecule has 6 nitrogen and oxygen atoms in total. The van der Waals surface area contributed by atoms with E-state index in [1.165, 1.54) is 29.4 Å². The molecule has 0 aromatic carbocycles. The number of nitrogens with one attached hydrogen (secondary N) is 2. The number of nitrogens with zero attached hydrogens (tertiary/aromatic N) is 3. The zero-order chi connectivity index (χ0) is 16.2. The van der Waals surface area contributed by atoms with Gasteiger partial charge >= 0.3 is 0 Å². The number of aromatic nitrogens is 3. The molecular weight excluding hydrogens is 330 g/mol. The number of anilines is 1. The topological polar surface area (TPSA) is 94.5 Å². The molecule has 120 valence electrons. The van der Waals surface area contributed by atoms with E-state index in [9.17, 15) is 10.1 Å². The number of carbonyl (C=O) groups excluding carboxylic acids is 1. The highest BCUT2D eigenvalue weighted by Crippen LogP contribution is 2.37. The van der Waals surface area contributed by atoms with Crippen molar-refractivity contribution in [1.29, 1.82) is 5.26 Å². The van der Waals surface area contributed by atoms with Gasteiger partial charge in [0, 0.05) is 4.88 Å². The number of hydrogen-bond donors (Lipinski definition) is 2. The van der Waals surface area contributed by atoms with Crippen LogP contribution in [0.25, 0.3) is 0 Å². The molecule has 0 aliphatic heterocycles. The van der Waals surface area contributed by atoms with Crippen LogP contribution in [0.15, 0.2) is 11.5 Å². The maximum absolute atomic E-state index is 12.4. The molecule has 0 spiro atoms. The van der Waals surface area contributed by atoms with Crippen molar-refractivity contribution in [3.05, 3.63) is 22.3 Å². The first-order chi connectivity index (χ1) is 11.2. The second-order valence-electron chi connectivity index (χ2n) is 5.42. The SMILES string of the molecule is C[C@H](Sc1ncn[nH]1)C(=O)Nc1sc2c(c1C#N)CCCCC2. The molecule has 0 bridgehead atoms. The second-order valence-corrected chi connectivity index (χ2v) is 7.86. The molecule has 0 unspecified atom stereocenters. The summed E-state index contributed by atoms with van der Waals surface area (Å²) < 4.78 is 0. The van der Waals surface area contributed by atoms with E-state index < -0.39 is 0 Å². The highest BCUT2D eigenvalue weighted by atomic mass is 32.2. The summed E-state index contributed by atoms with van der Waals surface area (Å²) in [6.07, 6.45) is 6.84. The van der Waals surface area contributed by atoms with Gasteiger partial charge in [-0.05, 0) is 38.2 Å². The fraction of sp³-hybridized carbons (Fsp3) is 0.467.